The van der Waals surface area contributed by atoms with E-state index in [1.54, 1.807) is 0 Å². The van der Waals surface area contributed by atoms with Crippen molar-refractivity contribution in [3.05, 3.63) is 52.3 Å². The summed E-state index contributed by atoms with van der Waals surface area (Å²) >= 11 is 1.48. The van der Waals surface area contributed by atoms with Gasteiger partial charge in [0.15, 0.2) is 11.6 Å². The van der Waals surface area contributed by atoms with Gasteiger partial charge in [-0.25, -0.2) is 9.50 Å². The number of hydrogen-bond acceptors (Lipinski definition) is 4. The molecule has 4 rings (SSSR count). The fourth-order valence-electron chi connectivity index (χ4n) is 3.08. The van der Waals surface area contributed by atoms with Crippen LogP contribution in [0.25, 0.3) is 4.96 Å². The Kier molecular flexibility index (Phi) is 2.94. The van der Waals surface area contributed by atoms with E-state index in [0.717, 1.165) is 34.2 Å². The maximum absolute atomic E-state index is 12.3. The van der Waals surface area contributed by atoms with Crippen LogP contribution in [0.2, 0.25) is 0 Å². The van der Waals surface area contributed by atoms with Gasteiger partial charge in [-0.2, -0.15) is 0 Å². The zero-order chi connectivity index (χ0) is 15.3. The lowest BCUT2D eigenvalue weighted by molar-refractivity contribution is 0.0915. The van der Waals surface area contributed by atoms with Crippen LogP contribution >= 0.6 is 11.3 Å². The minimum atomic E-state index is 0.00360. The van der Waals surface area contributed by atoms with Crippen LogP contribution in [0.1, 0.15) is 47.0 Å². The molecule has 0 saturated carbocycles. The van der Waals surface area contributed by atoms with Gasteiger partial charge in [-0.05, 0) is 17.4 Å². The molecule has 0 aliphatic heterocycles. The molecule has 0 amide bonds. The van der Waals surface area contributed by atoms with E-state index in [1.807, 2.05) is 22.7 Å². The number of benzene rings is 1. The third kappa shape index (κ3) is 2.25. The highest BCUT2D eigenvalue weighted by atomic mass is 32.1. The number of hydrogen-bond donors (Lipinski definition) is 0. The van der Waals surface area contributed by atoms with Crippen LogP contribution in [0.15, 0.2) is 30.3 Å². The molecule has 0 N–H and O–H groups in total. The van der Waals surface area contributed by atoms with Gasteiger partial charge in [0.2, 0.25) is 4.96 Å². The Morgan fingerprint density at radius 3 is 2.77 bits per heavy atom. The minimum absolute atomic E-state index is 0.00360. The standard InChI is InChI=1S/C17H17N3OS/c1-17(2)9-12-15(13(21)10-17)22-16-18-14(19-20(12)16)8-11-6-4-3-5-7-11/h3-7H,8-10H2,1-2H3. The van der Waals surface area contributed by atoms with Gasteiger partial charge in [-0.15, -0.1) is 5.10 Å². The number of Topliss-reactive ketones (excluding diaryl/α,β-unsaturated/α-hetero) is 1. The van der Waals surface area contributed by atoms with Crippen molar-refractivity contribution in [1.82, 2.24) is 14.6 Å². The third-order valence-electron chi connectivity index (χ3n) is 4.08. The average molecular weight is 311 g/mol. The molecule has 4 nitrogen and oxygen atoms in total. The summed E-state index contributed by atoms with van der Waals surface area (Å²) in [5.41, 5.74) is 2.24. The molecular formula is C17H17N3OS. The van der Waals surface area contributed by atoms with E-state index in [4.69, 9.17) is 0 Å². The second-order valence-electron chi connectivity index (χ2n) is 6.70. The molecule has 22 heavy (non-hydrogen) atoms. The first-order valence-corrected chi connectivity index (χ1v) is 8.28. The van der Waals surface area contributed by atoms with E-state index in [2.05, 4.69) is 36.1 Å². The second kappa shape index (κ2) is 4.74. The van der Waals surface area contributed by atoms with Crippen molar-refractivity contribution in [1.29, 1.82) is 0 Å². The van der Waals surface area contributed by atoms with Gasteiger partial charge in [-0.1, -0.05) is 55.5 Å². The lowest BCUT2D eigenvalue weighted by atomic mass is 9.78. The molecule has 1 aromatic carbocycles. The Balaban J connectivity index is 1.74. The average Bonchev–Trinajstić information content (AvgIpc) is 2.98. The molecule has 3 aromatic rings. The van der Waals surface area contributed by atoms with E-state index < -0.39 is 0 Å². The van der Waals surface area contributed by atoms with E-state index in [9.17, 15) is 4.79 Å². The molecule has 0 fully saturated rings. The molecule has 2 aromatic heterocycles. The second-order valence-corrected chi connectivity index (χ2v) is 7.68. The Morgan fingerprint density at radius 1 is 1.23 bits per heavy atom. The SMILES string of the molecule is CC1(C)CC(=O)c2sc3nc(Cc4ccccc4)nn3c2C1. The molecule has 0 unspecified atom stereocenters. The predicted molar refractivity (Wildman–Crippen MR) is 86.5 cm³/mol. The van der Waals surface area contributed by atoms with Gasteiger partial charge in [0.1, 0.15) is 0 Å². The summed E-state index contributed by atoms with van der Waals surface area (Å²) in [5.74, 6) is 1.05. The van der Waals surface area contributed by atoms with Gasteiger partial charge in [0.05, 0.1) is 10.6 Å². The molecule has 0 radical (unpaired) electrons. The van der Waals surface area contributed by atoms with Crippen LogP contribution in [-0.4, -0.2) is 20.4 Å². The summed E-state index contributed by atoms with van der Waals surface area (Å²) in [6.07, 6.45) is 2.21. The Morgan fingerprint density at radius 2 is 2.00 bits per heavy atom. The van der Waals surface area contributed by atoms with Crippen molar-refractivity contribution in [3.63, 3.8) is 0 Å². The molecular weight excluding hydrogens is 294 g/mol. The smallest absolute Gasteiger partial charge is 0.213 e. The highest BCUT2D eigenvalue weighted by Crippen LogP contribution is 2.38. The van der Waals surface area contributed by atoms with Gasteiger partial charge in [0, 0.05) is 12.8 Å². The number of nitrogens with zero attached hydrogens (tertiary/aromatic N) is 3. The zero-order valence-electron chi connectivity index (χ0n) is 12.7. The fraction of sp³-hybridized carbons (Fsp3) is 0.353. The number of ketones is 1. The molecule has 0 bridgehead atoms. The number of carbonyl (C=O) groups excluding carboxylic acids is 1. The number of aromatic nitrogens is 3. The molecule has 0 saturated heterocycles. The largest absolute Gasteiger partial charge is 0.293 e. The quantitative estimate of drug-likeness (QED) is 0.727. The summed E-state index contributed by atoms with van der Waals surface area (Å²) in [6.45, 7) is 4.28. The molecule has 0 spiro atoms. The Bertz CT molecular complexity index is 861. The first-order chi connectivity index (χ1) is 10.5. The summed E-state index contributed by atoms with van der Waals surface area (Å²) in [4.78, 5) is 18.6. The highest BCUT2D eigenvalue weighted by Gasteiger charge is 2.35. The summed E-state index contributed by atoms with van der Waals surface area (Å²) in [6, 6.07) is 10.2. The summed E-state index contributed by atoms with van der Waals surface area (Å²) in [5, 5.41) is 4.65. The maximum atomic E-state index is 12.3. The molecule has 1 aliphatic rings. The maximum Gasteiger partial charge on any atom is 0.213 e. The third-order valence-corrected chi connectivity index (χ3v) is 5.19. The van der Waals surface area contributed by atoms with Gasteiger partial charge >= 0.3 is 0 Å². The van der Waals surface area contributed by atoms with E-state index in [1.165, 1.54) is 16.9 Å². The number of carbonyl (C=O) groups is 1. The van der Waals surface area contributed by atoms with Crippen molar-refractivity contribution in [3.8, 4) is 0 Å². The normalized spacial score (nSPS) is 16.9. The lowest BCUT2D eigenvalue weighted by Crippen LogP contribution is -2.27. The van der Waals surface area contributed by atoms with Gasteiger partial charge in [-0.3, -0.25) is 4.79 Å². The molecule has 112 valence electrons. The summed E-state index contributed by atoms with van der Waals surface area (Å²) < 4.78 is 1.89. The van der Waals surface area contributed by atoms with Crippen molar-refractivity contribution >= 4 is 22.1 Å². The monoisotopic (exact) mass is 311 g/mol. The number of thiazole rings is 1. The van der Waals surface area contributed by atoms with Crippen molar-refractivity contribution < 1.29 is 4.79 Å². The van der Waals surface area contributed by atoms with Crippen LogP contribution in [0, 0.1) is 5.41 Å². The number of fused-ring (bicyclic) bond motifs is 3. The van der Waals surface area contributed by atoms with Crippen molar-refractivity contribution in [2.75, 3.05) is 0 Å². The van der Waals surface area contributed by atoms with Crippen LogP contribution < -0.4 is 0 Å². The molecule has 2 heterocycles. The Labute approximate surface area is 132 Å². The molecule has 0 atom stereocenters. The van der Waals surface area contributed by atoms with Crippen molar-refractivity contribution in [2.24, 2.45) is 5.41 Å². The van der Waals surface area contributed by atoms with Crippen LogP contribution in [0.5, 0.6) is 0 Å². The minimum Gasteiger partial charge on any atom is -0.293 e. The highest BCUT2D eigenvalue weighted by molar-refractivity contribution is 7.19. The van der Waals surface area contributed by atoms with Crippen LogP contribution in [0.4, 0.5) is 0 Å². The van der Waals surface area contributed by atoms with Gasteiger partial charge in [0.25, 0.3) is 0 Å². The lowest BCUT2D eigenvalue weighted by Gasteiger charge is -2.27. The number of rotatable bonds is 2. The Hall–Kier alpha value is -2.01. The first kappa shape index (κ1) is 13.6. The fourth-order valence-corrected chi connectivity index (χ4v) is 4.12. The molecule has 5 heteroatoms. The topological polar surface area (TPSA) is 47.3 Å². The first-order valence-electron chi connectivity index (χ1n) is 7.46. The van der Waals surface area contributed by atoms with E-state index >= 15 is 0 Å². The predicted octanol–water partition coefficient (Wildman–Crippen LogP) is 3.54. The van der Waals surface area contributed by atoms with E-state index in [-0.39, 0.29) is 11.2 Å². The molecule has 1 aliphatic carbocycles. The summed E-state index contributed by atoms with van der Waals surface area (Å²) in [7, 11) is 0. The van der Waals surface area contributed by atoms with Gasteiger partial charge < -0.3 is 0 Å². The zero-order valence-corrected chi connectivity index (χ0v) is 13.5. The van der Waals surface area contributed by atoms with Crippen molar-refractivity contribution in [2.45, 2.75) is 33.1 Å². The van der Waals surface area contributed by atoms with Crippen LogP contribution in [0.3, 0.4) is 0 Å². The van der Waals surface area contributed by atoms with Crippen LogP contribution in [-0.2, 0) is 12.8 Å². The van der Waals surface area contributed by atoms with E-state index in [0.29, 0.717) is 6.42 Å².